The van der Waals surface area contributed by atoms with Gasteiger partial charge in [0.25, 0.3) is 0 Å². The quantitative estimate of drug-likeness (QED) is 0.830. The van der Waals surface area contributed by atoms with Crippen molar-refractivity contribution in [3.05, 3.63) is 11.6 Å². The lowest BCUT2D eigenvalue weighted by atomic mass is 9.96. The Morgan fingerprint density at radius 1 is 1.21 bits per heavy atom. The molecule has 0 aromatic carbocycles. The number of aromatic nitrogens is 1. The normalized spacial score (nSPS) is 22.8. The number of nitrogens with zero attached hydrogens (tertiary/aromatic N) is 3. The van der Waals surface area contributed by atoms with Crippen molar-refractivity contribution in [2.24, 2.45) is 5.92 Å². The molecule has 2 aliphatic rings. The van der Waals surface area contributed by atoms with E-state index in [-0.39, 0.29) is 23.8 Å². The average Bonchev–Trinajstić information content (AvgIpc) is 3.31. The number of nitrogens with one attached hydrogen (secondary N) is 1. The van der Waals surface area contributed by atoms with E-state index in [1.54, 1.807) is 21.4 Å². The number of amides is 3. The van der Waals surface area contributed by atoms with Crippen LogP contribution < -0.4 is 5.32 Å². The molecule has 9 heteroatoms. The van der Waals surface area contributed by atoms with E-state index in [0.29, 0.717) is 31.2 Å². The summed E-state index contributed by atoms with van der Waals surface area (Å²) in [5.41, 5.74) is -0.567. The fraction of sp³-hybridized carbons (Fsp3) is 0.684. The highest BCUT2D eigenvalue weighted by atomic mass is 32.1. The van der Waals surface area contributed by atoms with E-state index in [1.807, 2.05) is 20.8 Å². The number of hydrogen-bond acceptors (Lipinski definition) is 6. The lowest BCUT2D eigenvalue weighted by Crippen LogP contribution is -2.51. The van der Waals surface area contributed by atoms with Crippen molar-refractivity contribution >= 4 is 34.4 Å². The molecule has 0 bridgehead atoms. The first kappa shape index (κ1) is 20.6. The van der Waals surface area contributed by atoms with Crippen LogP contribution in [0.3, 0.4) is 0 Å². The fourth-order valence-electron chi connectivity index (χ4n) is 3.68. The number of carbonyl (C=O) groups is 3. The van der Waals surface area contributed by atoms with Crippen molar-refractivity contribution in [1.29, 1.82) is 0 Å². The summed E-state index contributed by atoms with van der Waals surface area (Å²) >= 11 is 1.35. The topological polar surface area (TPSA) is 91.8 Å². The Morgan fingerprint density at radius 2 is 1.96 bits per heavy atom. The highest BCUT2D eigenvalue weighted by Gasteiger charge is 2.39. The molecule has 3 heterocycles. The van der Waals surface area contributed by atoms with Crippen LogP contribution in [0.5, 0.6) is 0 Å². The smallest absolute Gasteiger partial charge is 0.410 e. The zero-order valence-electron chi connectivity index (χ0n) is 16.6. The molecule has 28 heavy (non-hydrogen) atoms. The summed E-state index contributed by atoms with van der Waals surface area (Å²) in [6, 6.07) is -0.478. The van der Waals surface area contributed by atoms with Gasteiger partial charge in [-0.3, -0.25) is 9.59 Å². The Bertz CT molecular complexity index is 716. The molecule has 3 rings (SSSR count). The van der Waals surface area contributed by atoms with Crippen molar-refractivity contribution < 1.29 is 19.1 Å². The maximum atomic E-state index is 13.1. The fourth-order valence-corrected chi connectivity index (χ4v) is 4.21. The third kappa shape index (κ3) is 5.01. The molecule has 0 aliphatic carbocycles. The van der Waals surface area contributed by atoms with Gasteiger partial charge in [-0.25, -0.2) is 9.78 Å². The number of anilines is 1. The first-order valence-electron chi connectivity index (χ1n) is 9.73. The molecular formula is C19H28N4O4S. The minimum absolute atomic E-state index is 0.0509. The van der Waals surface area contributed by atoms with Crippen LogP contribution in [-0.4, -0.2) is 64.0 Å². The van der Waals surface area contributed by atoms with Crippen LogP contribution in [0.1, 0.15) is 46.5 Å². The summed E-state index contributed by atoms with van der Waals surface area (Å²) in [6.45, 7) is 6.98. The zero-order valence-corrected chi connectivity index (χ0v) is 17.5. The molecule has 3 amide bonds. The summed E-state index contributed by atoms with van der Waals surface area (Å²) in [5, 5.41) is 5.13. The van der Waals surface area contributed by atoms with Gasteiger partial charge in [-0.15, -0.1) is 11.3 Å². The molecule has 2 fully saturated rings. The molecule has 2 atom stereocenters. The van der Waals surface area contributed by atoms with Crippen LogP contribution in [0.25, 0.3) is 0 Å². The van der Waals surface area contributed by atoms with Gasteiger partial charge in [0, 0.05) is 31.2 Å². The first-order chi connectivity index (χ1) is 13.2. The highest BCUT2D eigenvalue weighted by Crippen LogP contribution is 2.26. The molecule has 1 aromatic heterocycles. The largest absolute Gasteiger partial charge is 0.444 e. The minimum atomic E-state index is -0.567. The standard InChI is InChI=1S/C19H28N4O4S/c1-19(2,3)27-18(26)22-9-4-6-13(12-22)16(25)23-10-5-7-14(23)15(24)21-17-20-8-11-28-17/h8,11,13-14H,4-7,9-10,12H2,1-3H3,(H,20,21,24)/t13-,14-/m1/s1. The third-order valence-corrected chi connectivity index (χ3v) is 5.61. The van der Waals surface area contributed by atoms with Crippen LogP contribution in [0, 0.1) is 5.92 Å². The van der Waals surface area contributed by atoms with Crippen molar-refractivity contribution in [2.45, 2.75) is 58.1 Å². The second-order valence-corrected chi connectivity index (χ2v) is 9.18. The first-order valence-corrected chi connectivity index (χ1v) is 10.6. The molecule has 154 valence electrons. The number of rotatable bonds is 3. The van der Waals surface area contributed by atoms with E-state index in [2.05, 4.69) is 10.3 Å². The van der Waals surface area contributed by atoms with Gasteiger partial charge in [-0.05, 0) is 46.5 Å². The number of likely N-dealkylation sites (tertiary alicyclic amines) is 2. The van der Waals surface area contributed by atoms with Crippen molar-refractivity contribution in [3.8, 4) is 0 Å². The van der Waals surface area contributed by atoms with E-state index in [9.17, 15) is 14.4 Å². The summed E-state index contributed by atoms with van der Waals surface area (Å²) in [7, 11) is 0. The molecule has 0 spiro atoms. The maximum absolute atomic E-state index is 13.1. The Hall–Kier alpha value is -2.16. The van der Waals surface area contributed by atoms with E-state index >= 15 is 0 Å². The van der Waals surface area contributed by atoms with Gasteiger partial charge in [0.1, 0.15) is 11.6 Å². The predicted octanol–water partition coefficient (Wildman–Crippen LogP) is 2.72. The number of carbonyl (C=O) groups excluding carboxylic acids is 3. The molecule has 0 radical (unpaired) electrons. The molecule has 2 aliphatic heterocycles. The third-order valence-electron chi connectivity index (χ3n) is 4.92. The van der Waals surface area contributed by atoms with E-state index < -0.39 is 11.6 Å². The number of ether oxygens (including phenoxy) is 1. The summed E-state index contributed by atoms with van der Waals surface area (Å²) in [6.07, 6.45) is 4.15. The molecule has 0 unspecified atom stereocenters. The highest BCUT2D eigenvalue weighted by molar-refractivity contribution is 7.13. The van der Waals surface area contributed by atoms with Gasteiger partial charge in [0.05, 0.1) is 5.92 Å². The van der Waals surface area contributed by atoms with Gasteiger partial charge in [-0.2, -0.15) is 0 Å². The van der Waals surface area contributed by atoms with Crippen LogP contribution in [0.4, 0.5) is 9.93 Å². The molecular weight excluding hydrogens is 380 g/mol. The van der Waals surface area contributed by atoms with Gasteiger partial charge in [0.2, 0.25) is 11.8 Å². The Labute approximate surface area is 169 Å². The Kier molecular flexibility index (Phi) is 6.22. The minimum Gasteiger partial charge on any atom is -0.444 e. The second-order valence-electron chi connectivity index (χ2n) is 8.28. The zero-order chi connectivity index (χ0) is 20.3. The molecule has 2 saturated heterocycles. The summed E-state index contributed by atoms with van der Waals surface area (Å²) in [4.78, 5) is 45.5. The lowest BCUT2D eigenvalue weighted by Gasteiger charge is -2.36. The average molecular weight is 409 g/mol. The number of piperidine rings is 1. The molecule has 8 nitrogen and oxygen atoms in total. The molecule has 0 saturated carbocycles. The van der Waals surface area contributed by atoms with Gasteiger partial charge >= 0.3 is 6.09 Å². The van der Waals surface area contributed by atoms with E-state index in [0.717, 1.165) is 19.3 Å². The Balaban J connectivity index is 1.61. The molecule has 1 N–H and O–H groups in total. The lowest BCUT2D eigenvalue weighted by molar-refractivity contribution is -0.141. The van der Waals surface area contributed by atoms with Gasteiger partial charge in [0.15, 0.2) is 5.13 Å². The molecule has 1 aromatic rings. The van der Waals surface area contributed by atoms with Gasteiger partial charge in [-0.1, -0.05) is 0 Å². The second kappa shape index (κ2) is 8.46. The number of thiazole rings is 1. The predicted molar refractivity (Wildman–Crippen MR) is 106 cm³/mol. The monoisotopic (exact) mass is 408 g/mol. The van der Waals surface area contributed by atoms with Crippen molar-refractivity contribution in [3.63, 3.8) is 0 Å². The summed E-state index contributed by atoms with van der Waals surface area (Å²) < 4.78 is 5.44. The van der Waals surface area contributed by atoms with E-state index in [1.165, 1.54) is 11.3 Å². The van der Waals surface area contributed by atoms with Crippen LogP contribution >= 0.6 is 11.3 Å². The van der Waals surface area contributed by atoms with Crippen LogP contribution in [0.2, 0.25) is 0 Å². The SMILES string of the molecule is CC(C)(C)OC(=O)N1CCC[C@@H](C(=O)N2CCC[C@@H]2C(=O)Nc2nccs2)C1. The van der Waals surface area contributed by atoms with Crippen LogP contribution in [0.15, 0.2) is 11.6 Å². The van der Waals surface area contributed by atoms with Gasteiger partial charge < -0.3 is 19.9 Å². The van der Waals surface area contributed by atoms with Crippen molar-refractivity contribution in [2.75, 3.05) is 25.0 Å². The maximum Gasteiger partial charge on any atom is 0.410 e. The summed E-state index contributed by atoms with van der Waals surface area (Å²) in [5.74, 6) is -0.541. The van der Waals surface area contributed by atoms with E-state index in [4.69, 9.17) is 4.74 Å². The Morgan fingerprint density at radius 3 is 2.64 bits per heavy atom. The van der Waals surface area contributed by atoms with Crippen LogP contribution in [-0.2, 0) is 14.3 Å². The van der Waals surface area contributed by atoms with Crippen molar-refractivity contribution in [1.82, 2.24) is 14.8 Å². The number of hydrogen-bond donors (Lipinski definition) is 1.